The smallest absolute Gasteiger partial charge is 0.484 e. The van der Waals surface area contributed by atoms with Gasteiger partial charge in [0.2, 0.25) is 5.95 Å². The molecule has 0 radical (unpaired) electrons. The van der Waals surface area contributed by atoms with E-state index in [0.717, 1.165) is 36.1 Å². The molecule has 1 aromatic heterocycles. The number of hydrogen-bond donors (Lipinski definition) is 2. The lowest BCUT2D eigenvalue weighted by Gasteiger charge is -2.38. The zero-order chi connectivity index (χ0) is 33.3. The lowest BCUT2D eigenvalue weighted by atomic mass is 9.73. The molecule has 8 nitrogen and oxygen atoms in total. The van der Waals surface area contributed by atoms with Crippen LogP contribution in [-0.2, 0) is 4.79 Å². The number of benzene rings is 3. The molecule has 1 amide bonds. The van der Waals surface area contributed by atoms with Crippen molar-refractivity contribution in [2.24, 2.45) is 5.41 Å². The molecule has 0 aliphatic heterocycles. The summed E-state index contributed by atoms with van der Waals surface area (Å²) in [6, 6.07) is 15.2. The first kappa shape index (κ1) is 32.5. The minimum absolute atomic E-state index is 0.0220. The summed E-state index contributed by atoms with van der Waals surface area (Å²) in [4.78, 5) is 17.3. The van der Waals surface area contributed by atoms with Crippen LogP contribution in [0.3, 0.4) is 0 Å². The van der Waals surface area contributed by atoms with Gasteiger partial charge in [-0.2, -0.15) is 0 Å². The Morgan fingerprint density at radius 2 is 1.61 bits per heavy atom. The fraction of sp³-hybridized carbons (Fsp3) is 0.312. The fourth-order valence-corrected chi connectivity index (χ4v) is 5.66. The number of imidazole rings is 1. The molecule has 5 rings (SSSR count). The van der Waals surface area contributed by atoms with Crippen LogP contribution in [0.2, 0.25) is 0 Å². The summed E-state index contributed by atoms with van der Waals surface area (Å²) in [5, 5.41) is 5.67. The number of rotatable bonds is 9. The molecule has 0 saturated heterocycles. The van der Waals surface area contributed by atoms with Crippen LogP contribution in [-0.4, -0.2) is 34.8 Å². The first-order valence-electron chi connectivity index (χ1n) is 14.1. The minimum atomic E-state index is -4.87. The number of nitrogens with one attached hydrogen (secondary N) is 2. The van der Waals surface area contributed by atoms with E-state index in [2.05, 4.69) is 40.5 Å². The molecule has 244 valence electrons. The molecule has 2 N–H and O–H groups in total. The lowest BCUT2D eigenvalue weighted by molar-refractivity contribution is -0.275. The second-order valence-corrected chi connectivity index (χ2v) is 11.7. The van der Waals surface area contributed by atoms with E-state index >= 15 is 0 Å². The third kappa shape index (κ3) is 8.64. The van der Waals surface area contributed by atoms with Crippen LogP contribution in [0.1, 0.15) is 39.2 Å². The van der Waals surface area contributed by atoms with Crippen molar-refractivity contribution in [3.63, 3.8) is 0 Å². The van der Waals surface area contributed by atoms with Gasteiger partial charge >= 0.3 is 12.7 Å². The summed E-state index contributed by atoms with van der Waals surface area (Å²) in [6.45, 7) is 8.11. The van der Waals surface area contributed by atoms with Crippen molar-refractivity contribution in [1.29, 1.82) is 0 Å². The number of carbonyl (C=O) groups is 1. The predicted molar refractivity (Wildman–Crippen MR) is 159 cm³/mol. The van der Waals surface area contributed by atoms with Crippen LogP contribution in [0.5, 0.6) is 17.2 Å². The molecule has 4 aromatic rings. The summed E-state index contributed by atoms with van der Waals surface area (Å²) < 4.78 is 91.0. The second-order valence-electron chi connectivity index (χ2n) is 11.7. The topological polar surface area (TPSA) is 86.6 Å². The average molecular weight is 649 g/mol. The van der Waals surface area contributed by atoms with E-state index < -0.39 is 31.0 Å². The largest absolute Gasteiger partial charge is 0.573 e. The highest BCUT2D eigenvalue weighted by Crippen LogP contribution is 2.45. The molecule has 0 spiro atoms. The van der Waals surface area contributed by atoms with Gasteiger partial charge in [-0.3, -0.25) is 4.79 Å². The molecule has 1 aliphatic carbocycles. The number of amides is 1. The van der Waals surface area contributed by atoms with Crippen LogP contribution in [0.4, 0.5) is 43.7 Å². The molecule has 14 heteroatoms. The predicted octanol–water partition coefficient (Wildman–Crippen LogP) is 8.90. The molecule has 1 heterocycles. The van der Waals surface area contributed by atoms with Gasteiger partial charge in [0.1, 0.15) is 17.2 Å². The number of carbonyl (C=O) groups excluding carboxylic acids is 1. The molecular formula is C32H30F6N4O4. The van der Waals surface area contributed by atoms with Crippen molar-refractivity contribution < 1.29 is 45.3 Å². The number of anilines is 3. The number of alkyl halides is 6. The van der Waals surface area contributed by atoms with Gasteiger partial charge in [0.25, 0.3) is 5.91 Å². The molecule has 1 atom stereocenters. The first-order chi connectivity index (χ1) is 21.5. The molecule has 1 saturated carbocycles. The quantitative estimate of drug-likeness (QED) is 0.139. The number of allylic oxidation sites excluding steroid dienone is 1. The van der Waals surface area contributed by atoms with Gasteiger partial charge in [-0.25, -0.2) is 4.98 Å². The average Bonchev–Trinajstić information content (AvgIpc) is 3.27. The van der Waals surface area contributed by atoms with E-state index in [4.69, 9.17) is 9.72 Å². The van der Waals surface area contributed by atoms with E-state index in [9.17, 15) is 31.1 Å². The molecule has 0 unspecified atom stereocenters. The summed E-state index contributed by atoms with van der Waals surface area (Å²) in [6.07, 6.45) is -7.28. The molecule has 0 bridgehead atoms. The van der Waals surface area contributed by atoms with E-state index in [-0.39, 0.29) is 22.9 Å². The monoisotopic (exact) mass is 648 g/mol. The summed E-state index contributed by atoms with van der Waals surface area (Å²) >= 11 is 0. The van der Waals surface area contributed by atoms with Crippen molar-refractivity contribution in [1.82, 2.24) is 9.55 Å². The van der Waals surface area contributed by atoms with E-state index in [0.29, 0.717) is 29.3 Å². The van der Waals surface area contributed by atoms with Crippen LogP contribution in [0.15, 0.2) is 78.9 Å². The molecule has 1 fully saturated rings. The van der Waals surface area contributed by atoms with Crippen LogP contribution in [0.25, 0.3) is 11.0 Å². The third-order valence-electron chi connectivity index (χ3n) is 7.13. The summed E-state index contributed by atoms with van der Waals surface area (Å²) in [5.74, 6) is -0.684. The Balaban J connectivity index is 1.36. The van der Waals surface area contributed by atoms with Gasteiger partial charge < -0.3 is 29.4 Å². The number of fused-ring (bicyclic) bond motifs is 1. The van der Waals surface area contributed by atoms with Crippen LogP contribution < -0.4 is 24.8 Å². The number of halogens is 6. The lowest BCUT2D eigenvalue weighted by Crippen LogP contribution is -2.26. The van der Waals surface area contributed by atoms with Crippen LogP contribution in [0, 0.1) is 5.41 Å². The number of nitrogens with zero attached hydrogens (tertiary/aromatic N) is 2. The van der Waals surface area contributed by atoms with E-state index in [1.165, 1.54) is 36.4 Å². The number of hydrogen-bond acceptors (Lipinski definition) is 6. The Labute approximate surface area is 260 Å². The first-order valence-corrected chi connectivity index (χ1v) is 14.1. The normalized spacial score (nSPS) is 16.6. The zero-order valence-corrected chi connectivity index (χ0v) is 24.8. The Hall–Kier alpha value is -4.88. The zero-order valence-electron chi connectivity index (χ0n) is 24.8. The highest BCUT2D eigenvalue weighted by atomic mass is 19.4. The van der Waals surface area contributed by atoms with Crippen molar-refractivity contribution in [3.8, 4) is 17.2 Å². The van der Waals surface area contributed by atoms with Gasteiger partial charge in [0, 0.05) is 29.5 Å². The van der Waals surface area contributed by atoms with Gasteiger partial charge in [-0.15, -0.1) is 26.3 Å². The maximum atomic E-state index is 12.6. The summed E-state index contributed by atoms with van der Waals surface area (Å²) in [7, 11) is 0. The number of ether oxygens (including phenoxy) is 3. The third-order valence-corrected chi connectivity index (χ3v) is 7.13. The molecule has 46 heavy (non-hydrogen) atoms. The van der Waals surface area contributed by atoms with E-state index in [1.807, 2.05) is 4.57 Å². The summed E-state index contributed by atoms with van der Waals surface area (Å²) in [5.41, 5.74) is 2.92. The molecule has 3 aromatic carbocycles. The van der Waals surface area contributed by atoms with Crippen molar-refractivity contribution >= 4 is 34.3 Å². The highest BCUT2D eigenvalue weighted by Gasteiger charge is 2.34. The van der Waals surface area contributed by atoms with Gasteiger partial charge in [0.15, 0.2) is 6.61 Å². The maximum Gasteiger partial charge on any atom is 0.573 e. The van der Waals surface area contributed by atoms with Gasteiger partial charge in [0.05, 0.1) is 11.0 Å². The highest BCUT2D eigenvalue weighted by molar-refractivity contribution is 5.92. The van der Waals surface area contributed by atoms with Crippen molar-refractivity contribution in [2.45, 2.75) is 51.9 Å². The van der Waals surface area contributed by atoms with Crippen molar-refractivity contribution in [2.75, 3.05) is 17.2 Å². The molecule has 1 aliphatic rings. The SMILES string of the molecule is C=C1C[C@H](n2c(Nc3ccc(OC(F)(F)F)cc3)nc3cc(OCC(=O)Nc4cccc(OC(F)(F)F)c4)ccc32)CC(C)(C)C1. The Bertz CT molecular complexity index is 1730. The second kappa shape index (κ2) is 12.5. The standard InChI is InChI=1S/C32H30F6N4O4/c1-19-13-22(17-30(2,3)16-19)42-27-12-11-24(44-18-28(43)39-21-5-4-6-25(14-21)46-32(36,37)38)15-26(27)41-29(42)40-20-7-9-23(10-8-20)45-31(33,34)35/h4-12,14-15,22H,1,13,16-18H2,2-3H3,(H,39,43)(H,40,41)/t22-/m0/s1. The Morgan fingerprint density at radius 3 is 2.28 bits per heavy atom. The maximum absolute atomic E-state index is 12.6. The Morgan fingerprint density at radius 1 is 0.935 bits per heavy atom. The fourth-order valence-electron chi connectivity index (χ4n) is 5.66. The van der Waals surface area contributed by atoms with Gasteiger partial charge in [-0.1, -0.05) is 32.1 Å². The minimum Gasteiger partial charge on any atom is -0.484 e. The van der Waals surface area contributed by atoms with Crippen molar-refractivity contribution in [3.05, 3.63) is 78.9 Å². The molecular weight excluding hydrogens is 618 g/mol. The Kier molecular flexibility index (Phi) is 8.83. The number of aromatic nitrogens is 2. The van der Waals surface area contributed by atoms with Gasteiger partial charge in [-0.05, 0) is 73.2 Å². The van der Waals surface area contributed by atoms with E-state index in [1.54, 1.807) is 18.2 Å². The van der Waals surface area contributed by atoms with Crippen LogP contribution >= 0.6 is 0 Å².